The second-order valence-corrected chi connectivity index (χ2v) is 3.35. The second kappa shape index (κ2) is 8.86. The molecule has 0 unspecified atom stereocenters. The van der Waals surface area contributed by atoms with Gasteiger partial charge in [-0.05, 0) is 0 Å². The van der Waals surface area contributed by atoms with Gasteiger partial charge in [0.15, 0.2) is 0 Å². The Labute approximate surface area is 48.0 Å². The predicted molar refractivity (Wildman–Crippen MR) is 27.8 cm³/mol. The van der Waals surface area contributed by atoms with Gasteiger partial charge in [-0.2, -0.15) is 0 Å². The zero-order chi connectivity index (χ0) is 2.71. The van der Waals surface area contributed by atoms with Crippen molar-refractivity contribution in [2.45, 2.75) is 9.88 Å². The van der Waals surface area contributed by atoms with Crippen LogP contribution >= 0.6 is 17.0 Å². The third kappa shape index (κ3) is 10.4. The van der Waals surface area contributed by atoms with E-state index in [4.69, 9.17) is 0 Å². The van der Waals surface area contributed by atoms with Crippen molar-refractivity contribution < 1.29 is 0 Å². The van der Waals surface area contributed by atoms with Gasteiger partial charge in [-0.25, -0.2) is 0 Å². The van der Waals surface area contributed by atoms with Crippen molar-refractivity contribution in [1.82, 2.24) is 0 Å². The molecule has 0 spiro atoms. The molecule has 0 aliphatic rings. The van der Waals surface area contributed by atoms with E-state index in [2.05, 4.69) is 9.88 Å². The second-order valence-electron chi connectivity index (χ2n) is 0.500. The minimum absolute atomic E-state index is 0. The van der Waals surface area contributed by atoms with Crippen molar-refractivity contribution in [3.63, 3.8) is 0 Å². The van der Waals surface area contributed by atoms with Crippen LogP contribution < -0.4 is 0 Å². The summed E-state index contributed by atoms with van der Waals surface area (Å²) in [5.74, 6) is 0. The summed E-state index contributed by atoms with van der Waals surface area (Å²) in [5, 5.41) is 0. The molecule has 0 aromatic rings. The maximum absolute atomic E-state index is 2.30. The molecule has 2 heteroatoms. The first kappa shape index (κ1) is 8.99. The monoisotopic (exact) mass is 230 g/mol. The Morgan fingerprint density at radius 1 is 1.25 bits per heavy atom. The minimum atomic E-state index is 0. The Bertz CT molecular complexity index is 6.00. The predicted octanol–water partition coefficient (Wildman–Crippen LogP) is 1.36. The summed E-state index contributed by atoms with van der Waals surface area (Å²) in [6.45, 7) is 0. The number of hydrogen-bond donors (Lipinski definition) is 0. The average Bonchev–Trinajstić information content (AvgIpc) is 0.918. The molecule has 0 N–H and O–H groups in total. The molecule has 0 bridgehead atoms. The number of rotatable bonds is 0. The van der Waals surface area contributed by atoms with E-state index >= 15 is 0 Å². The first-order valence-corrected chi connectivity index (χ1v) is 6.71. The van der Waals surface area contributed by atoms with Gasteiger partial charge in [0.05, 0.1) is 0 Å². The summed E-state index contributed by atoms with van der Waals surface area (Å²) in [5.41, 5.74) is 0. The fraction of sp³-hybridized carbons (Fsp3) is 1.00. The molecule has 0 atom stereocenters. The van der Waals surface area contributed by atoms with Gasteiger partial charge in [0.1, 0.15) is 0 Å². The summed E-state index contributed by atoms with van der Waals surface area (Å²) in [6, 6.07) is 0. The summed E-state index contributed by atoms with van der Waals surface area (Å²) >= 11 is 0.230. The van der Waals surface area contributed by atoms with Crippen LogP contribution in [0.1, 0.15) is 0 Å². The SMILES string of the molecule is Br.[CH3][Sn][CH3]. The molecule has 0 fully saturated rings. The Morgan fingerprint density at radius 3 is 1.25 bits per heavy atom. The topological polar surface area (TPSA) is 0 Å². The van der Waals surface area contributed by atoms with E-state index in [1.165, 1.54) is 0 Å². The van der Waals surface area contributed by atoms with Crippen LogP contribution in [0.4, 0.5) is 0 Å². The van der Waals surface area contributed by atoms with Crippen LogP contribution in [0, 0.1) is 0 Å². The average molecular weight is 230 g/mol. The standard InChI is InChI=1S/2CH3.BrH.Sn/h2*1H3;1H;. The van der Waals surface area contributed by atoms with Gasteiger partial charge in [-0.1, -0.05) is 0 Å². The van der Waals surface area contributed by atoms with Gasteiger partial charge in [-0.15, -0.1) is 17.0 Å². The van der Waals surface area contributed by atoms with Crippen LogP contribution in [0.15, 0.2) is 0 Å². The van der Waals surface area contributed by atoms with E-state index < -0.39 is 0 Å². The van der Waals surface area contributed by atoms with Crippen molar-refractivity contribution >= 4 is 38.1 Å². The summed E-state index contributed by atoms with van der Waals surface area (Å²) in [4.78, 5) is 4.59. The molecule has 0 aliphatic carbocycles. The molecule has 26 valence electrons. The molecule has 0 aromatic carbocycles. The Hall–Kier alpha value is 1.28. The fourth-order valence-corrected chi connectivity index (χ4v) is 0. The first-order valence-electron chi connectivity index (χ1n) is 1.00. The van der Waals surface area contributed by atoms with Gasteiger partial charge >= 0.3 is 31.0 Å². The van der Waals surface area contributed by atoms with Crippen molar-refractivity contribution in [2.24, 2.45) is 0 Å². The third-order valence-corrected chi connectivity index (χ3v) is 0. The van der Waals surface area contributed by atoms with Crippen LogP contribution in [0.5, 0.6) is 0 Å². The maximum atomic E-state index is 2.30. The van der Waals surface area contributed by atoms with Gasteiger partial charge in [0.2, 0.25) is 0 Å². The van der Waals surface area contributed by atoms with Crippen LogP contribution in [0.25, 0.3) is 0 Å². The van der Waals surface area contributed by atoms with Crippen LogP contribution in [-0.4, -0.2) is 21.1 Å². The fourth-order valence-electron chi connectivity index (χ4n) is 0. The molecule has 2 radical (unpaired) electrons. The van der Waals surface area contributed by atoms with Crippen molar-refractivity contribution in [2.75, 3.05) is 0 Å². The van der Waals surface area contributed by atoms with Crippen molar-refractivity contribution in [3.8, 4) is 0 Å². The normalized spacial score (nSPS) is 4.50. The van der Waals surface area contributed by atoms with E-state index in [0.29, 0.717) is 0 Å². The Morgan fingerprint density at radius 2 is 1.25 bits per heavy atom. The molecule has 0 amide bonds. The Kier molecular flexibility index (Phi) is 19.9. The van der Waals surface area contributed by atoms with E-state index in [9.17, 15) is 0 Å². The quantitative estimate of drug-likeness (QED) is 0.551. The van der Waals surface area contributed by atoms with E-state index in [1.54, 1.807) is 0 Å². The van der Waals surface area contributed by atoms with E-state index in [-0.39, 0.29) is 38.1 Å². The molecule has 0 saturated carbocycles. The van der Waals surface area contributed by atoms with Gasteiger partial charge in [-0.3, -0.25) is 0 Å². The summed E-state index contributed by atoms with van der Waals surface area (Å²) < 4.78 is 0. The molecule has 0 rings (SSSR count). The molecule has 0 aliphatic heterocycles. The molecular weight excluding hydrogens is 223 g/mol. The molecule has 0 nitrogen and oxygen atoms in total. The molecular formula is C2H7BrSn. The zero-order valence-corrected chi connectivity index (χ0v) is 7.48. The molecule has 0 heterocycles. The molecule has 0 saturated heterocycles. The van der Waals surface area contributed by atoms with Gasteiger partial charge in [0.25, 0.3) is 0 Å². The number of halogens is 1. The van der Waals surface area contributed by atoms with E-state index in [0.717, 1.165) is 0 Å². The Balaban J connectivity index is 0. The molecule has 0 aromatic heterocycles. The van der Waals surface area contributed by atoms with Crippen LogP contribution in [0.2, 0.25) is 9.88 Å². The van der Waals surface area contributed by atoms with E-state index in [1.807, 2.05) is 0 Å². The summed E-state index contributed by atoms with van der Waals surface area (Å²) in [7, 11) is 0. The summed E-state index contributed by atoms with van der Waals surface area (Å²) in [6.07, 6.45) is 0. The van der Waals surface area contributed by atoms with Gasteiger partial charge < -0.3 is 0 Å². The first-order chi connectivity index (χ1) is 1.41. The zero-order valence-electron chi connectivity index (χ0n) is 2.91. The number of hydrogen-bond acceptors (Lipinski definition) is 0. The van der Waals surface area contributed by atoms with Crippen LogP contribution in [0.3, 0.4) is 0 Å². The van der Waals surface area contributed by atoms with Gasteiger partial charge in [0, 0.05) is 0 Å². The van der Waals surface area contributed by atoms with Crippen LogP contribution in [-0.2, 0) is 0 Å². The van der Waals surface area contributed by atoms with Crippen molar-refractivity contribution in [1.29, 1.82) is 0 Å². The molecule has 4 heavy (non-hydrogen) atoms. The third-order valence-electron chi connectivity index (χ3n) is 0. The van der Waals surface area contributed by atoms with Crippen molar-refractivity contribution in [3.05, 3.63) is 0 Å².